The number of nitrogens with zero attached hydrogens (tertiary/aromatic N) is 3. The molecular formula is C26H21ClF3N5O5S. The Morgan fingerprint density at radius 3 is 2.61 bits per heavy atom. The van der Waals surface area contributed by atoms with E-state index in [4.69, 9.17) is 16.3 Å². The smallest absolute Gasteiger partial charge is 0.270 e. The van der Waals surface area contributed by atoms with Crippen molar-refractivity contribution in [2.75, 3.05) is 11.8 Å². The first kappa shape index (κ1) is 28.4. The number of amides is 1. The van der Waals surface area contributed by atoms with Gasteiger partial charge in [0.1, 0.15) is 16.4 Å². The fraction of sp³-hybridized carbons (Fsp3) is 0.231. The summed E-state index contributed by atoms with van der Waals surface area (Å²) in [7, 11) is -2.97. The van der Waals surface area contributed by atoms with Crippen molar-refractivity contribution in [1.29, 1.82) is 0 Å². The van der Waals surface area contributed by atoms with Gasteiger partial charge < -0.3 is 10.1 Å². The molecule has 214 valence electrons. The van der Waals surface area contributed by atoms with Gasteiger partial charge in [-0.1, -0.05) is 17.7 Å². The van der Waals surface area contributed by atoms with Crippen molar-refractivity contribution in [3.63, 3.8) is 0 Å². The summed E-state index contributed by atoms with van der Waals surface area (Å²) in [6, 6.07) is 7.89. The number of carbonyl (C=O) groups is 1. The highest BCUT2D eigenvalue weighted by atomic mass is 35.5. The van der Waals surface area contributed by atoms with Crippen LogP contribution in [-0.4, -0.2) is 47.9 Å². The minimum atomic E-state index is -4.27. The molecule has 0 radical (unpaired) electrons. The van der Waals surface area contributed by atoms with Crippen LogP contribution in [0.5, 0.6) is 5.88 Å². The molecule has 2 aromatic heterocycles. The molecule has 41 heavy (non-hydrogen) atoms. The molecule has 0 spiro atoms. The van der Waals surface area contributed by atoms with Crippen LogP contribution in [0.15, 0.2) is 64.7 Å². The van der Waals surface area contributed by atoms with Crippen molar-refractivity contribution in [1.82, 2.24) is 19.9 Å². The molecule has 1 aliphatic carbocycles. The molecule has 15 heteroatoms. The highest BCUT2D eigenvalue weighted by Crippen LogP contribution is 2.41. The minimum Gasteiger partial charge on any atom is -0.480 e. The van der Waals surface area contributed by atoms with Gasteiger partial charge in [-0.05, 0) is 42.0 Å². The van der Waals surface area contributed by atoms with Crippen LogP contribution in [-0.2, 0) is 21.4 Å². The van der Waals surface area contributed by atoms with E-state index in [9.17, 15) is 31.2 Å². The summed E-state index contributed by atoms with van der Waals surface area (Å²) in [5.74, 6) is -4.25. The number of methoxy groups -OCH3 is 1. The molecule has 0 bridgehead atoms. The number of sulfonamides is 1. The third-order valence-corrected chi connectivity index (χ3v) is 8.22. The number of halogens is 4. The molecule has 0 saturated heterocycles. The third kappa shape index (κ3) is 5.98. The van der Waals surface area contributed by atoms with Crippen molar-refractivity contribution in [2.24, 2.45) is 0 Å². The van der Waals surface area contributed by atoms with E-state index in [0.717, 1.165) is 18.2 Å². The summed E-state index contributed by atoms with van der Waals surface area (Å²) in [5, 5.41) is 2.12. The number of rotatable bonds is 9. The Hall–Kier alpha value is -4.17. The maximum Gasteiger partial charge on any atom is 0.270 e. The van der Waals surface area contributed by atoms with Crippen molar-refractivity contribution in [3.05, 3.63) is 76.2 Å². The predicted molar refractivity (Wildman–Crippen MR) is 144 cm³/mol. The van der Waals surface area contributed by atoms with E-state index in [1.165, 1.54) is 36.3 Å². The van der Waals surface area contributed by atoms with E-state index in [-0.39, 0.29) is 39.8 Å². The molecule has 10 nitrogen and oxygen atoms in total. The Morgan fingerprint density at radius 1 is 1.17 bits per heavy atom. The number of benzene rings is 2. The van der Waals surface area contributed by atoms with Crippen molar-refractivity contribution in [3.8, 4) is 17.0 Å². The lowest BCUT2D eigenvalue weighted by Crippen LogP contribution is -2.31. The number of alkyl halides is 2. The van der Waals surface area contributed by atoms with Crippen LogP contribution in [0, 0.1) is 5.82 Å². The van der Waals surface area contributed by atoms with Gasteiger partial charge in [-0.15, -0.1) is 0 Å². The molecule has 1 unspecified atom stereocenters. The Bertz CT molecular complexity index is 1850. The fourth-order valence-electron chi connectivity index (χ4n) is 4.09. The van der Waals surface area contributed by atoms with Gasteiger partial charge >= 0.3 is 0 Å². The van der Waals surface area contributed by atoms with E-state index in [1.807, 2.05) is 0 Å². The zero-order valence-corrected chi connectivity index (χ0v) is 22.8. The molecular weight excluding hydrogens is 587 g/mol. The van der Waals surface area contributed by atoms with Crippen molar-refractivity contribution >= 4 is 44.1 Å². The highest BCUT2D eigenvalue weighted by Gasteiger charge is 2.57. The Balaban J connectivity index is 1.42. The van der Waals surface area contributed by atoms with Crippen LogP contribution in [0.25, 0.3) is 22.0 Å². The number of nitrogens with one attached hydrogen (secondary N) is 2. The first-order chi connectivity index (χ1) is 19.4. The topological polar surface area (TPSA) is 132 Å². The second-order valence-corrected chi connectivity index (χ2v) is 11.3. The lowest BCUT2D eigenvalue weighted by molar-refractivity contribution is -0.122. The van der Waals surface area contributed by atoms with Gasteiger partial charge in [0.05, 0.1) is 35.4 Å². The fourth-order valence-corrected chi connectivity index (χ4v) is 5.68. The number of pyridine rings is 1. The van der Waals surface area contributed by atoms with Gasteiger partial charge in [0.2, 0.25) is 11.8 Å². The van der Waals surface area contributed by atoms with E-state index in [1.54, 1.807) is 12.1 Å². The normalized spacial score (nSPS) is 15.9. The van der Waals surface area contributed by atoms with Crippen LogP contribution >= 0.6 is 11.6 Å². The van der Waals surface area contributed by atoms with Crippen molar-refractivity contribution in [2.45, 2.75) is 36.2 Å². The lowest BCUT2D eigenvalue weighted by Gasteiger charge is -2.14. The SMILES string of the molecule is COc1ncc(-c2ccc3ncn(CCC(=O)NC4CC4(F)F)c(=O)c3c2)cc1NS(=O)(=O)c1ccc(F)cc1Cl. The average Bonchev–Trinajstić information content (AvgIpc) is 3.52. The Morgan fingerprint density at radius 2 is 1.93 bits per heavy atom. The van der Waals surface area contributed by atoms with Gasteiger partial charge in [-0.3, -0.25) is 18.9 Å². The molecule has 2 aromatic carbocycles. The zero-order valence-electron chi connectivity index (χ0n) is 21.2. The van der Waals surface area contributed by atoms with Crippen LogP contribution in [0.1, 0.15) is 12.8 Å². The van der Waals surface area contributed by atoms with E-state index < -0.39 is 45.7 Å². The molecule has 0 aliphatic heterocycles. The van der Waals surface area contributed by atoms with Crippen LogP contribution in [0.4, 0.5) is 18.9 Å². The third-order valence-electron chi connectivity index (χ3n) is 6.37. The maximum atomic E-state index is 13.4. The number of hydrogen-bond acceptors (Lipinski definition) is 7. The van der Waals surface area contributed by atoms with Gasteiger partial charge in [0, 0.05) is 31.1 Å². The second kappa shape index (κ2) is 10.7. The second-order valence-electron chi connectivity index (χ2n) is 9.27. The van der Waals surface area contributed by atoms with Gasteiger partial charge in [0.25, 0.3) is 21.5 Å². The number of aryl methyl sites for hydroxylation is 1. The molecule has 1 saturated carbocycles. The lowest BCUT2D eigenvalue weighted by atomic mass is 10.1. The van der Waals surface area contributed by atoms with E-state index in [0.29, 0.717) is 16.6 Å². The summed E-state index contributed by atoms with van der Waals surface area (Å²) >= 11 is 5.94. The molecule has 5 rings (SSSR count). The highest BCUT2D eigenvalue weighted by molar-refractivity contribution is 7.92. The monoisotopic (exact) mass is 607 g/mol. The largest absolute Gasteiger partial charge is 0.480 e. The number of fused-ring (bicyclic) bond motifs is 1. The zero-order chi connectivity index (χ0) is 29.5. The molecule has 1 aliphatic rings. The quantitative estimate of drug-likeness (QED) is 0.294. The van der Waals surface area contributed by atoms with Crippen LogP contribution < -0.4 is 20.3 Å². The van der Waals surface area contributed by atoms with Gasteiger partial charge in [-0.25, -0.2) is 31.6 Å². The number of anilines is 1. The van der Waals surface area contributed by atoms with Gasteiger partial charge in [0.15, 0.2) is 0 Å². The summed E-state index contributed by atoms with van der Waals surface area (Å²) in [6.07, 6.45) is 2.09. The molecule has 1 amide bonds. The number of carbonyl (C=O) groups excluding carboxylic acids is 1. The summed E-state index contributed by atoms with van der Waals surface area (Å²) in [6.45, 7) is -0.0713. The first-order valence-corrected chi connectivity index (χ1v) is 13.9. The number of hydrogen-bond donors (Lipinski definition) is 2. The molecule has 1 fully saturated rings. The summed E-state index contributed by atoms with van der Waals surface area (Å²) in [5.41, 5.74) is 0.759. The van der Waals surface area contributed by atoms with E-state index >= 15 is 0 Å². The van der Waals surface area contributed by atoms with Crippen LogP contribution in [0.2, 0.25) is 5.02 Å². The average molecular weight is 608 g/mol. The molecule has 2 heterocycles. The first-order valence-electron chi connectivity index (χ1n) is 12.1. The standard InChI is InChI=1S/C26H21ClF3N5O5S/c1-40-24-20(34-41(38,39)21-5-3-16(28)10-18(21)27)9-15(12-31-24)14-2-4-19-17(8-14)25(37)35(13-32-19)7-6-23(36)33-22-11-26(22,29)30/h2-5,8-10,12-13,22,34H,6-7,11H2,1H3,(H,33,36). The molecule has 1 atom stereocenters. The van der Waals surface area contributed by atoms with E-state index in [2.05, 4.69) is 20.0 Å². The predicted octanol–water partition coefficient (Wildman–Crippen LogP) is 3.97. The number of ether oxygens (including phenoxy) is 1. The number of aromatic nitrogens is 3. The summed E-state index contributed by atoms with van der Waals surface area (Å²) in [4.78, 5) is 33.2. The Kier molecular flexibility index (Phi) is 7.38. The maximum absolute atomic E-state index is 13.4. The Labute approximate surface area is 236 Å². The minimum absolute atomic E-state index is 0.0404. The molecule has 2 N–H and O–H groups in total. The molecule has 4 aromatic rings. The van der Waals surface area contributed by atoms with Crippen molar-refractivity contribution < 1.29 is 31.1 Å². The van der Waals surface area contributed by atoms with Gasteiger partial charge in [-0.2, -0.15) is 0 Å². The summed E-state index contributed by atoms with van der Waals surface area (Å²) < 4.78 is 74.3. The van der Waals surface area contributed by atoms with Crippen LogP contribution in [0.3, 0.4) is 0 Å².